The highest BCUT2D eigenvalue weighted by Gasteiger charge is 2.27. The molecule has 0 saturated heterocycles. The Hall–Kier alpha value is -0.780. The summed E-state index contributed by atoms with van der Waals surface area (Å²) in [7, 11) is 0.172. The molecule has 0 bridgehead atoms. The molecule has 2 N–H and O–H groups in total. The molecule has 0 aliphatic rings. The average molecular weight is 287 g/mol. The summed E-state index contributed by atoms with van der Waals surface area (Å²) in [5.41, 5.74) is 1.55. The molecule has 19 heavy (non-hydrogen) atoms. The van der Waals surface area contributed by atoms with Crippen LogP contribution in [-0.2, 0) is 22.3 Å². The zero-order valence-corrected chi connectivity index (χ0v) is 12.7. The van der Waals surface area contributed by atoms with Gasteiger partial charge < -0.3 is 4.74 Å². The molecular formula is C14H22FNO2S. The van der Waals surface area contributed by atoms with Crippen molar-refractivity contribution in [1.29, 1.82) is 0 Å². The van der Waals surface area contributed by atoms with Gasteiger partial charge in [0.2, 0.25) is 0 Å². The number of halogens is 1. The minimum absolute atomic E-state index is 0.0562. The first-order valence-electron chi connectivity index (χ1n) is 6.21. The van der Waals surface area contributed by atoms with E-state index in [4.69, 9.17) is 9.88 Å². The molecule has 0 saturated carbocycles. The first kappa shape index (κ1) is 16.3. The fraction of sp³-hybridized carbons (Fsp3) is 0.571. The van der Waals surface area contributed by atoms with Crippen molar-refractivity contribution in [3.63, 3.8) is 0 Å². The lowest BCUT2D eigenvalue weighted by atomic mass is 9.90. The van der Waals surface area contributed by atoms with E-state index in [1.807, 2.05) is 20.8 Å². The largest absolute Gasteiger partial charge is 0.380 e. The van der Waals surface area contributed by atoms with Crippen molar-refractivity contribution < 1.29 is 13.3 Å². The van der Waals surface area contributed by atoms with Gasteiger partial charge >= 0.3 is 0 Å². The van der Waals surface area contributed by atoms with Gasteiger partial charge in [0, 0.05) is 7.11 Å². The maximum atomic E-state index is 13.9. The van der Waals surface area contributed by atoms with Gasteiger partial charge in [0.1, 0.15) is 5.82 Å². The van der Waals surface area contributed by atoms with Gasteiger partial charge in [-0.1, -0.05) is 19.1 Å². The highest BCUT2D eigenvalue weighted by atomic mass is 32.2. The summed E-state index contributed by atoms with van der Waals surface area (Å²) >= 11 is 0. The smallest absolute Gasteiger partial charge is 0.126 e. The summed E-state index contributed by atoms with van der Waals surface area (Å²) in [5, 5.41) is 5.47. The van der Waals surface area contributed by atoms with E-state index >= 15 is 0 Å². The fourth-order valence-electron chi connectivity index (χ4n) is 2.16. The van der Waals surface area contributed by atoms with Gasteiger partial charge in [0.15, 0.2) is 0 Å². The normalized spacial score (nSPS) is 15.3. The highest BCUT2D eigenvalue weighted by Crippen LogP contribution is 2.30. The van der Waals surface area contributed by atoms with Crippen molar-refractivity contribution in [2.24, 2.45) is 5.14 Å². The third kappa shape index (κ3) is 4.37. The van der Waals surface area contributed by atoms with Gasteiger partial charge in [-0.05, 0) is 43.4 Å². The molecule has 1 aromatic carbocycles. The first-order valence-corrected chi connectivity index (χ1v) is 7.42. The topological polar surface area (TPSA) is 52.3 Å². The summed E-state index contributed by atoms with van der Waals surface area (Å²) in [5.74, 6) is -0.301. The minimum atomic E-state index is -1.43. The number of rotatable bonds is 6. The Morgan fingerprint density at radius 2 is 2.11 bits per heavy atom. The summed E-state index contributed by atoms with van der Waals surface area (Å²) in [6, 6.07) is 4.97. The van der Waals surface area contributed by atoms with Crippen LogP contribution >= 0.6 is 0 Å². The van der Waals surface area contributed by atoms with E-state index in [-0.39, 0.29) is 11.7 Å². The molecule has 1 rings (SSSR count). The third-order valence-electron chi connectivity index (χ3n) is 3.24. The minimum Gasteiger partial charge on any atom is -0.380 e. The lowest BCUT2D eigenvalue weighted by Gasteiger charge is -2.25. The van der Waals surface area contributed by atoms with E-state index in [1.165, 1.54) is 6.07 Å². The van der Waals surface area contributed by atoms with Crippen LogP contribution in [0, 0.1) is 5.82 Å². The van der Waals surface area contributed by atoms with Crippen molar-refractivity contribution in [2.75, 3.05) is 7.11 Å². The molecule has 0 aromatic heterocycles. The van der Waals surface area contributed by atoms with E-state index < -0.39 is 15.7 Å². The third-order valence-corrected chi connectivity index (χ3v) is 4.50. The summed E-state index contributed by atoms with van der Waals surface area (Å²) in [6.07, 6.45) is 0.559. The Kier molecular flexibility index (Phi) is 5.64. The van der Waals surface area contributed by atoms with Crippen LogP contribution < -0.4 is 5.14 Å². The molecule has 2 atom stereocenters. The quantitative estimate of drug-likeness (QED) is 0.874. The standard InChI is InChI=1S/C14H22FNO2S/c1-10(8-14(2,3)19(16)17)12-7-11(9-18-4)5-6-13(12)15/h5-7,10H,8-9,16H2,1-4H3/t10-,19?/m0/s1. The van der Waals surface area contributed by atoms with E-state index in [0.29, 0.717) is 18.6 Å². The van der Waals surface area contributed by atoms with Crippen LogP contribution in [0.2, 0.25) is 0 Å². The van der Waals surface area contributed by atoms with E-state index in [1.54, 1.807) is 19.2 Å². The Labute approximate surface area is 116 Å². The van der Waals surface area contributed by atoms with Crippen LogP contribution in [0.3, 0.4) is 0 Å². The lowest BCUT2D eigenvalue weighted by Crippen LogP contribution is -2.33. The predicted octanol–water partition coefficient (Wildman–Crippen LogP) is 2.87. The average Bonchev–Trinajstić information content (AvgIpc) is 2.31. The molecule has 0 fully saturated rings. The van der Waals surface area contributed by atoms with Crippen LogP contribution in [0.4, 0.5) is 4.39 Å². The van der Waals surface area contributed by atoms with Crippen LogP contribution in [0.25, 0.3) is 0 Å². The molecule has 0 aliphatic heterocycles. The number of nitrogens with two attached hydrogens (primary N) is 1. The Morgan fingerprint density at radius 1 is 1.47 bits per heavy atom. The zero-order valence-electron chi connectivity index (χ0n) is 11.9. The van der Waals surface area contributed by atoms with Crippen molar-refractivity contribution >= 4 is 11.0 Å². The number of benzene rings is 1. The highest BCUT2D eigenvalue weighted by molar-refractivity contribution is 7.84. The summed E-state index contributed by atoms with van der Waals surface area (Å²) < 4.78 is 29.9. The molecular weight excluding hydrogens is 265 g/mol. The van der Waals surface area contributed by atoms with E-state index in [2.05, 4.69) is 0 Å². The molecule has 5 heteroatoms. The van der Waals surface area contributed by atoms with Gasteiger partial charge in [-0.15, -0.1) is 0 Å². The van der Waals surface area contributed by atoms with Crippen molar-refractivity contribution in [3.8, 4) is 0 Å². The maximum absolute atomic E-state index is 13.9. The van der Waals surface area contributed by atoms with Crippen molar-refractivity contribution in [3.05, 3.63) is 35.1 Å². The predicted molar refractivity (Wildman–Crippen MR) is 76.6 cm³/mol. The zero-order chi connectivity index (χ0) is 14.6. The Morgan fingerprint density at radius 3 is 2.63 bits per heavy atom. The molecule has 3 nitrogen and oxygen atoms in total. The summed E-state index contributed by atoms with van der Waals surface area (Å²) in [4.78, 5) is 0. The van der Waals surface area contributed by atoms with E-state index in [0.717, 1.165) is 5.56 Å². The first-order chi connectivity index (χ1) is 8.77. The van der Waals surface area contributed by atoms with Crippen LogP contribution in [0.15, 0.2) is 18.2 Å². The molecule has 108 valence electrons. The molecule has 1 aromatic rings. The fourth-order valence-corrected chi connectivity index (χ4v) is 2.57. The second kappa shape index (κ2) is 6.59. The number of hydrogen-bond acceptors (Lipinski definition) is 2. The van der Waals surface area contributed by atoms with Crippen molar-refractivity contribution in [2.45, 2.75) is 44.5 Å². The van der Waals surface area contributed by atoms with Gasteiger partial charge in [-0.25, -0.2) is 8.60 Å². The number of ether oxygens (including phenoxy) is 1. The van der Waals surface area contributed by atoms with Crippen molar-refractivity contribution in [1.82, 2.24) is 0 Å². The van der Waals surface area contributed by atoms with Gasteiger partial charge in [0.25, 0.3) is 0 Å². The molecule has 0 radical (unpaired) electrons. The Bertz CT molecular complexity index is 463. The second-order valence-electron chi connectivity index (χ2n) is 5.45. The van der Waals surface area contributed by atoms with Gasteiger partial charge in [-0.3, -0.25) is 5.14 Å². The van der Waals surface area contributed by atoms with Crippen LogP contribution in [0.5, 0.6) is 0 Å². The van der Waals surface area contributed by atoms with Gasteiger partial charge in [-0.2, -0.15) is 0 Å². The molecule has 0 amide bonds. The lowest BCUT2D eigenvalue weighted by molar-refractivity contribution is 0.184. The SMILES string of the molecule is COCc1ccc(F)c([C@@H](C)CC(C)(C)S(N)=O)c1. The molecule has 1 unspecified atom stereocenters. The second-order valence-corrected chi connectivity index (χ2v) is 7.15. The Balaban J connectivity index is 2.95. The molecule has 0 heterocycles. The molecule has 0 aliphatic carbocycles. The van der Waals surface area contributed by atoms with Crippen LogP contribution in [0.1, 0.15) is 44.2 Å². The maximum Gasteiger partial charge on any atom is 0.126 e. The van der Waals surface area contributed by atoms with Gasteiger partial charge in [0.05, 0.1) is 22.3 Å². The monoisotopic (exact) mass is 287 g/mol. The van der Waals surface area contributed by atoms with Crippen LogP contribution in [-0.4, -0.2) is 16.1 Å². The summed E-state index contributed by atoms with van der Waals surface area (Å²) in [6.45, 7) is 6.03. The molecule has 0 spiro atoms. The van der Waals surface area contributed by atoms with E-state index in [9.17, 15) is 8.60 Å². The number of hydrogen-bond donors (Lipinski definition) is 1. The number of methoxy groups -OCH3 is 1.